The van der Waals surface area contributed by atoms with E-state index < -0.39 is 34.4 Å². The monoisotopic (exact) mass is 311 g/mol. The van der Waals surface area contributed by atoms with Crippen LogP contribution < -0.4 is 5.32 Å². The molecule has 0 bridgehead atoms. The van der Waals surface area contributed by atoms with Gasteiger partial charge in [0.05, 0.1) is 0 Å². The molecule has 0 radical (unpaired) electrons. The Bertz CT molecular complexity index is 482. The molecule has 0 saturated carbocycles. The van der Waals surface area contributed by atoms with Crippen LogP contribution in [-0.2, 0) is 14.3 Å². The Morgan fingerprint density at radius 3 is 2.23 bits per heavy atom. The molecule has 0 aromatic carbocycles. The lowest BCUT2D eigenvalue weighted by Gasteiger charge is -2.41. The Hall–Kier alpha value is -1.36. The molecule has 2 unspecified atom stereocenters. The molecule has 0 aromatic heterocycles. The molecule has 22 heavy (non-hydrogen) atoms. The van der Waals surface area contributed by atoms with Gasteiger partial charge in [-0.1, -0.05) is 48.5 Å². The molecule has 1 aliphatic rings. The van der Waals surface area contributed by atoms with Gasteiger partial charge < -0.3 is 15.2 Å². The fourth-order valence-corrected chi connectivity index (χ4v) is 2.49. The predicted molar refractivity (Wildman–Crippen MR) is 85.1 cm³/mol. The van der Waals surface area contributed by atoms with Crippen LogP contribution in [0.25, 0.3) is 0 Å². The van der Waals surface area contributed by atoms with Crippen molar-refractivity contribution in [3.8, 4) is 0 Å². The zero-order chi connectivity index (χ0) is 17.3. The summed E-state index contributed by atoms with van der Waals surface area (Å²) in [6.45, 7) is 13.7. The lowest BCUT2D eigenvalue weighted by Crippen LogP contribution is -2.58. The lowest BCUT2D eigenvalue weighted by atomic mass is 9.71. The average molecular weight is 311 g/mol. The molecule has 5 nitrogen and oxygen atoms in total. The largest absolute Gasteiger partial charge is 0.447 e. The maximum atomic E-state index is 12.3. The number of esters is 1. The van der Waals surface area contributed by atoms with Crippen molar-refractivity contribution in [2.24, 2.45) is 10.8 Å². The maximum absolute atomic E-state index is 12.3. The quantitative estimate of drug-likeness (QED) is 0.780. The van der Waals surface area contributed by atoms with Crippen molar-refractivity contribution in [3.05, 3.63) is 11.6 Å². The summed E-state index contributed by atoms with van der Waals surface area (Å²) in [5.41, 5.74) is -1.91. The van der Waals surface area contributed by atoms with Gasteiger partial charge in [-0.3, -0.25) is 4.79 Å². The Morgan fingerprint density at radius 2 is 1.86 bits per heavy atom. The summed E-state index contributed by atoms with van der Waals surface area (Å²) >= 11 is 0. The van der Waals surface area contributed by atoms with Crippen molar-refractivity contribution >= 4 is 11.9 Å². The van der Waals surface area contributed by atoms with Crippen molar-refractivity contribution in [1.29, 1.82) is 0 Å². The van der Waals surface area contributed by atoms with E-state index in [9.17, 15) is 14.7 Å². The summed E-state index contributed by atoms with van der Waals surface area (Å²) in [6.07, 6.45) is 0.970. The minimum atomic E-state index is -1.44. The van der Waals surface area contributed by atoms with Crippen LogP contribution in [0.5, 0.6) is 0 Å². The normalized spacial score (nSPS) is 23.8. The van der Waals surface area contributed by atoms with E-state index >= 15 is 0 Å². The number of carbonyl (C=O) groups excluding carboxylic acids is 2. The van der Waals surface area contributed by atoms with Crippen molar-refractivity contribution in [2.75, 3.05) is 6.54 Å². The SMILES string of the molecule is CCCNC(=O)C(O)C1(C(C)(C)C)C=C(C(C)(C)C)C(=O)O1. The van der Waals surface area contributed by atoms with Crippen LogP contribution >= 0.6 is 0 Å². The van der Waals surface area contributed by atoms with Gasteiger partial charge in [-0.05, 0) is 17.9 Å². The molecule has 0 spiro atoms. The number of rotatable bonds is 4. The Labute approximate surface area is 133 Å². The molecule has 1 amide bonds. The van der Waals surface area contributed by atoms with Crippen molar-refractivity contribution in [1.82, 2.24) is 5.32 Å². The van der Waals surface area contributed by atoms with Crippen molar-refractivity contribution in [2.45, 2.75) is 66.6 Å². The number of aliphatic hydroxyl groups is 1. The fourth-order valence-electron chi connectivity index (χ4n) is 2.49. The summed E-state index contributed by atoms with van der Waals surface area (Å²) in [5, 5.41) is 13.3. The van der Waals surface area contributed by atoms with Crippen LogP contribution in [0.3, 0.4) is 0 Å². The number of hydrogen-bond donors (Lipinski definition) is 2. The number of aliphatic hydroxyl groups excluding tert-OH is 1. The average Bonchev–Trinajstić information content (AvgIpc) is 2.73. The van der Waals surface area contributed by atoms with Crippen LogP contribution in [-0.4, -0.2) is 35.2 Å². The first-order valence-corrected chi connectivity index (χ1v) is 7.79. The van der Waals surface area contributed by atoms with Gasteiger partial charge in [0.2, 0.25) is 0 Å². The van der Waals surface area contributed by atoms with Gasteiger partial charge in [-0.15, -0.1) is 0 Å². The van der Waals surface area contributed by atoms with Gasteiger partial charge >= 0.3 is 5.97 Å². The minimum absolute atomic E-state index is 0.413. The highest BCUT2D eigenvalue weighted by Crippen LogP contribution is 2.46. The summed E-state index contributed by atoms with van der Waals surface area (Å²) in [6, 6.07) is 0. The Balaban J connectivity index is 3.28. The van der Waals surface area contributed by atoms with Crippen LogP contribution in [0.2, 0.25) is 0 Å². The highest BCUT2D eigenvalue weighted by atomic mass is 16.6. The summed E-state index contributed by atoms with van der Waals surface area (Å²) in [4.78, 5) is 24.5. The predicted octanol–water partition coefficient (Wildman–Crippen LogP) is 2.19. The molecule has 126 valence electrons. The van der Waals surface area contributed by atoms with Gasteiger partial charge in [-0.25, -0.2) is 4.79 Å². The summed E-state index contributed by atoms with van der Waals surface area (Å²) in [5.74, 6) is -0.985. The molecule has 5 heteroatoms. The van der Waals surface area contributed by atoms with Crippen LogP contribution in [0, 0.1) is 10.8 Å². The molecule has 0 aliphatic carbocycles. The number of carbonyl (C=O) groups is 2. The zero-order valence-electron chi connectivity index (χ0n) is 14.7. The fraction of sp³-hybridized carbons (Fsp3) is 0.765. The molecule has 2 atom stereocenters. The van der Waals surface area contributed by atoms with E-state index in [-0.39, 0.29) is 0 Å². The zero-order valence-corrected chi connectivity index (χ0v) is 14.7. The first-order chi connectivity index (χ1) is 9.87. The lowest BCUT2D eigenvalue weighted by molar-refractivity contribution is -0.176. The van der Waals surface area contributed by atoms with E-state index in [4.69, 9.17) is 4.74 Å². The molecular weight excluding hydrogens is 282 g/mol. The van der Waals surface area contributed by atoms with E-state index in [0.29, 0.717) is 12.1 Å². The van der Waals surface area contributed by atoms with Crippen LogP contribution in [0.4, 0.5) is 0 Å². The minimum Gasteiger partial charge on any atom is -0.447 e. The second-order valence-corrected chi connectivity index (χ2v) is 7.93. The third kappa shape index (κ3) is 3.35. The van der Waals surface area contributed by atoms with Gasteiger partial charge in [-0.2, -0.15) is 0 Å². The second kappa shape index (κ2) is 6.03. The van der Waals surface area contributed by atoms with E-state index in [1.807, 2.05) is 48.5 Å². The molecule has 0 fully saturated rings. The standard InChI is InChI=1S/C17H29NO4/c1-8-9-18-13(20)12(19)17(16(5,6)7)10-11(14(21)22-17)15(2,3)4/h10,12,19H,8-9H2,1-7H3,(H,18,20). The van der Waals surface area contributed by atoms with Crippen molar-refractivity contribution in [3.63, 3.8) is 0 Å². The summed E-state index contributed by atoms with van der Waals surface area (Å²) < 4.78 is 5.57. The molecular formula is C17H29NO4. The molecule has 1 rings (SSSR count). The molecule has 2 N–H and O–H groups in total. The summed E-state index contributed by atoms with van der Waals surface area (Å²) in [7, 11) is 0. The molecule has 0 aromatic rings. The highest BCUT2D eigenvalue weighted by molar-refractivity contribution is 5.95. The van der Waals surface area contributed by atoms with Gasteiger partial charge in [0, 0.05) is 17.5 Å². The third-order valence-electron chi connectivity index (χ3n) is 4.02. The smallest absolute Gasteiger partial charge is 0.335 e. The number of amides is 1. The first-order valence-electron chi connectivity index (χ1n) is 7.79. The van der Waals surface area contributed by atoms with Gasteiger partial charge in [0.25, 0.3) is 5.91 Å². The van der Waals surface area contributed by atoms with E-state index in [1.165, 1.54) is 0 Å². The van der Waals surface area contributed by atoms with Crippen molar-refractivity contribution < 1.29 is 19.4 Å². The number of cyclic esters (lactones) is 1. The van der Waals surface area contributed by atoms with Crippen LogP contribution in [0.1, 0.15) is 54.9 Å². The third-order valence-corrected chi connectivity index (χ3v) is 4.02. The van der Waals surface area contributed by atoms with E-state index in [0.717, 1.165) is 6.42 Å². The number of nitrogens with one attached hydrogen (secondary N) is 1. The van der Waals surface area contributed by atoms with E-state index in [2.05, 4.69) is 5.32 Å². The number of ether oxygens (including phenoxy) is 1. The molecule has 1 aliphatic heterocycles. The first kappa shape index (κ1) is 18.7. The second-order valence-electron chi connectivity index (χ2n) is 7.93. The Kier molecular flexibility index (Phi) is 5.12. The maximum Gasteiger partial charge on any atom is 0.335 e. The van der Waals surface area contributed by atoms with E-state index in [1.54, 1.807) is 6.08 Å². The van der Waals surface area contributed by atoms with Crippen LogP contribution in [0.15, 0.2) is 11.6 Å². The highest BCUT2D eigenvalue weighted by Gasteiger charge is 2.57. The Morgan fingerprint density at radius 1 is 1.32 bits per heavy atom. The van der Waals surface area contributed by atoms with Gasteiger partial charge in [0.15, 0.2) is 11.7 Å². The molecule has 0 saturated heterocycles. The molecule has 1 heterocycles. The van der Waals surface area contributed by atoms with Gasteiger partial charge in [0.1, 0.15) is 0 Å². The topological polar surface area (TPSA) is 75.6 Å². The number of hydrogen-bond acceptors (Lipinski definition) is 4.